The van der Waals surface area contributed by atoms with Crippen molar-refractivity contribution in [2.75, 3.05) is 11.5 Å². The van der Waals surface area contributed by atoms with Gasteiger partial charge in [0, 0.05) is 5.56 Å². The summed E-state index contributed by atoms with van der Waals surface area (Å²) in [6.45, 7) is 3.50. The molecule has 40 heavy (non-hydrogen) atoms. The van der Waals surface area contributed by atoms with Gasteiger partial charge in [-0.15, -0.1) is 0 Å². The number of fused-ring (bicyclic) bond motifs is 1. The number of carbonyl (C=O) groups is 5. The highest BCUT2D eigenvalue weighted by Gasteiger charge is 2.50. The third-order valence-corrected chi connectivity index (χ3v) is 7.54. The summed E-state index contributed by atoms with van der Waals surface area (Å²) < 4.78 is 10.6. The SMILES string of the molecule is Cc1ccc(C(=O)Oc2ccc(C(=O)COC(=O)c3cccc(N4C(=O)C5CCC(C)CC5C4=O)c3)cc2)cc1. The number of esters is 2. The molecular formula is C32H29NO7. The number of aryl methyl sites for hydroxylation is 1. The normalized spacial score (nSPS) is 20.1. The van der Waals surface area contributed by atoms with Crippen LogP contribution >= 0.6 is 0 Å². The molecule has 1 saturated carbocycles. The van der Waals surface area contributed by atoms with Gasteiger partial charge in [-0.2, -0.15) is 0 Å². The number of benzene rings is 3. The number of amides is 2. The smallest absolute Gasteiger partial charge is 0.343 e. The van der Waals surface area contributed by atoms with Crippen molar-refractivity contribution >= 4 is 35.2 Å². The second-order valence-electron chi connectivity index (χ2n) is 10.5. The Morgan fingerprint density at radius 2 is 1.48 bits per heavy atom. The Balaban J connectivity index is 1.18. The minimum atomic E-state index is -0.746. The van der Waals surface area contributed by atoms with E-state index in [4.69, 9.17) is 9.47 Å². The predicted octanol–water partition coefficient (Wildman–Crippen LogP) is 5.18. The van der Waals surface area contributed by atoms with Crippen LogP contribution in [0, 0.1) is 24.7 Å². The molecule has 0 radical (unpaired) electrons. The molecule has 0 spiro atoms. The van der Waals surface area contributed by atoms with Gasteiger partial charge >= 0.3 is 11.9 Å². The van der Waals surface area contributed by atoms with Crippen molar-refractivity contribution in [2.24, 2.45) is 17.8 Å². The van der Waals surface area contributed by atoms with Crippen molar-refractivity contribution in [1.82, 2.24) is 0 Å². The minimum Gasteiger partial charge on any atom is -0.454 e. The van der Waals surface area contributed by atoms with E-state index in [0.717, 1.165) is 12.0 Å². The Bertz CT molecular complexity index is 1480. The Hall–Kier alpha value is -4.59. The number of ether oxygens (including phenoxy) is 2. The lowest BCUT2D eigenvalue weighted by Gasteiger charge is -2.25. The lowest BCUT2D eigenvalue weighted by molar-refractivity contribution is -0.122. The summed E-state index contributed by atoms with van der Waals surface area (Å²) >= 11 is 0. The molecule has 3 aromatic rings. The monoisotopic (exact) mass is 539 g/mol. The van der Waals surface area contributed by atoms with E-state index in [1.54, 1.807) is 24.3 Å². The molecule has 5 rings (SSSR count). The van der Waals surface area contributed by atoms with Crippen molar-refractivity contribution in [1.29, 1.82) is 0 Å². The van der Waals surface area contributed by atoms with Gasteiger partial charge in [0.25, 0.3) is 0 Å². The molecule has 0 N–H and O–H groups in total. The number of anilines is 1. The molecule has 8 heteroatoms. The van der Waals surface area contributed by atoms with Crippen molar-refractivity contribution in [3.05, 3.63) is 95.1 Å². The van der Waals surface area contributed by atoms with Gasteiger partial charge in [0.05, 0.1) is 28.7 Å². The van der Waals surface area contributed by atoms with Crippen molar-refractivity contribution in [3.8, 4) is 5.75 Å². The molecule has 1 saturated heterocycles. The lowest BCUT2D eigenvalue weighted by Crippen LogP contribution is -2.31. The Kier molecular flexibility index (Phi) is 7.60. The van der Waals surface area contributed by atoms with Gasteiger partial charge in [-0.25, -0.2) is 9.59 Å². The number of Topliss-reactive ketones (excluding diaryl/α,β-unsaturated/α-hetero) is 1. The maximum atomic E-state index is 13.0. The van der Waals surface area contributed by atoms with E-state index < -0.39 is 24.3 Å². The van der Waals surface area contributed by atoms with Crippen LogP contribution in [0.2, 0.25) is 0 Å². The Morgan fingerprint density at radius 3 is 2.20 bits per heavy atom. The van der Waals surface area contributed by atoms with Gasteiger partial charge in [-0.3, -0.25) is 19.3 Å². The van der Waals surface area contributed by atoms with Gasteiger partial charge in [0.2, 0.25) is 11.8 Å². The minimum absolute atomic E-state index is 0.132. The Morgan fingerprint density at radius 1 is 0.800 bits per heavy atom. The van der Waals surface area contributed by atoms with Crippen LogP contribution in [0.5, 0.6) is 5.75 Å². The molecule has 8 nitrogen and oxygen atoms in total. The zero-order valence-corrected chi connectivity index (χ0v) is 22.3. The predicted molar refractivity (Wildman–Crippen MR) is 146 cm³/mol. The summed E-state index contributed by atoms with van der Waals surface area (Å²) in [6, 6.07) is 19.1. The molecule has 2 fully saturated rings. The second kappa shape index (κ2) is 11.3. The summed E-state index contributed by atoms with van der Waals surface area (Å²) in [4.78, 5) is 64.8. The molecule has 1 heterocycles. The summed E-state index contributed by atoms with van der Waals surface area (Å²) in [7, 11) is 0. The summed E-state index contributed by atoms with van der Waals surface area (Å²) in [5.41, 5.74) is 2.17. The van der Waals surface area contributed by atoms with E-state index >= 15 is 0 Å². The molecule has 3 aromatic carbocycles. The molecule has 1 aliphatic carbocycles. The van der Waals surface area contributed by atoms with Crippen LogP contribution in [0.4, 0.5) is 5.69 Å². The first-order valence-electron chi connectivity index (χ1n) is 13.3. The topological polar surface area (TPSA) is 107 Å². The first-order chi connectivity index (χ1) is 19.2. The molecule has 3 unspecified atom stereocenters. The maximum absolute atomic E-state index is 13.0. The van der Waals surface area contributed by atoms with Crippen LogP contribution in [0.25, 0.3) is 0 Å². The largest absolute Gasteiger partial charge is 0.454 e. The molecule has 2 amide bonds. The number of hydrogen-bond donors (Lipinski definition) is 0. The molecular weight excluding hydrogens is 510 g/mol. The number of imide groups is 1. The zero-order valence-electron chi connectivity index (χ0n) is 22.3. The van der Waals surface area contributed by atoms with Crippen LogP contribution in [0.15, 0.2) is 72.8 Å². The standard InChI is InChI=1S/C32H29NO7/c1-19-6-9-22(10-7-19)32(38)40-25-13-11-21(12-14-25)28(34)18-39-31(37)23-4-3-5-24(17-23)33-29(35)26-15-8-20(2)16-27(26)30(33)36/h3-7,9-14,17,20,26-27H,8,15-16,18H2,1-2H3. The van der Waals surface area contributed by atoms with Crippen LogP contribution in [-0.4, -0.2) is 36.1 Å². The van der Waals surface area contributed by atoms with Crippen molar-refractivity contribution < 1.29 is 33.4 Å². The fourth-order valence-corrected chi connectivity index (χ4v) is 5.28. The second-order valence-corrected chi connectivity index (χ2v) is 10.5. The van der Waals surface area contributed by atoms with Crippen LogP contribution in [-0.2, 0) is 14.3 Å². The molecule has 204 valence electrons. The van der Waals surface area contributed by atoms with Crippen LogP contribution in [0.3, 0.4) is 0 Å². The van der Waals surface area contributed by atoms with E-state index in [2.05, 4.69) is 6.92 Å². The number of nitrogens with zero attached hydrogens (tertiary/aromatic N) is 1. The first-order valence-corrected chi connectivity index (χ1v) is 13.3. The zero-order chi connectivity index (χ0) is 28.4. The summed E-state index contributed by atoms with van der Waals surface area (Å²) in [5.74, 6) is -2.12. The van der Waals surface area contributed by atoms with Gasteiger partial charge < -0.3 is 9.47 Å². The quantitative estimate of drug-likeness (QED) is 0.176. The van der Waals surface area contributed by atoms with Gasteiger partial charge in [0.1, 0.15) is 5.75 Å². The number of rotatable bonds is 7. The van der Waals surface area contributed by atoms with Crippen LogP contribution < -0.4 is 9.64 Å². The van der Waals surface area contributed by atoms with E-state index in [0.29, 0.717) is 30.0 Å². The van der Waals surface area contributed by atoms with Gasteiger partial charge in [-0.1, -0.05) is 30.7 Å². The van der Waals surface area contributed by atoms with Crippen LogP contribution in [0.1, 0.15) is 62.8 Å². The molecule has 0 aromatic heterocycles. The summed E-state index contributed by atoms with van der Waals surface area (Å²) in [5, 5.41) is 0. The van der Waals surface area contributed by atoms with Crippen molar-refractivity contribution in [3.63, 3.8) is 0 Å². The fraction of sp³-hybridized carbons (Fsp3) is 0.281. The third kappa shape index (κ3) is 5.57. The molecule has 2 aliphatic rings. The highest BCUT2D eigenvalue weighted by atomic mass is 16.5. The molecule has 1 aliphatic heterocycles. The highest BCUT2D eigenvalue weighted by molar-refractivity contribution is 6.22. The number of ketones is 1. The fourth-order valence-electron chi connectivity index (χ4n) is 5.28. The highest BCUT2D eigenvalue weighted by Crippen LogP contribution is 2.42. The first kappa shape index (κ1) is 27.0. The Labute approximate surface area is 231 Å². The number of hydrogen-bond acceptors (Lipinski definition) is 7. The van der Waals surface area contributed by atoms with Gasteiger partial charge in [0.15, 0.2) is 12.4 Å². The third-order valence-electron chi connectivity index (χ3n) is 7.54. The van der Waals surface area contributed by atoms with Gasteiger partial charge in [-0.05, 0) is 86.7 Å². The van der Waals surface area contributed by atoms with E-state index in [1.165, 1.54) is 41.3 Å². The number of carbonyl (C=O) groups excluding carboxylic acids is 5. The van der Waals surface area contributed by atoms with E-state index in [-0.39, 0.29) is 40.5 Å². The van der Waals surface area contributed by atoms with E-state index in [1.807, 2.05) is 19.1 Å². The molecule has 3 atom stereocenters. The average Bonchev–Trinajstić information content (AvgIpc) is 3.20. The maximum Gasteiger partial charge on any atom is 0.343 e. The van der Waals surface area contributed by atoms with Crippen molar-refractivity contribution in [2.45, 2.75) is 33.1 Å². The molecule has 0 bridgehead atoms. The van der Waals surface area contributed by atoms with E-state index in [9.17, 15) is 24.0 Å². The lowest BCUT2D eigenvalue weighted by atomic mass is 9.76. The average molecular weight is 540 g/mol. The summed E-state index contributed by atoms with van der Waals surface area (Å²) in [6.07, 6.45) is 2.29.